The first-order valence-corrected chi connectivity index (χ1v) is 7.31. The number of likely N-dealkylation sites (tertiary alicyclic amines) is 1. The van der Waals surface area contributed by atoms with E-state index < -0.39 is 11.9 Å². The van der Waals surface area contributed by atoms with Crippen LogP contribution in [0.3, 0.4) is 0 Å². The van der Waals surface area contributed by atoms with Crippen LogP contribution >= 0.6 is 0 Å². The highest BCUT2D eigenvalue weighted by atomic mass is 16.5. The minimum atomic E-state index is -0.806. The van der Waals surface area contributed by atoms with Crippen molar-refractivity contribution >= 4 is 17.8 Å². The van der Waals surface area contributed by atoms with Gasteiger partial charge in [-0.1, -0.05) is 6.92 Å². The van der Waals surface area contributed by atoms with Gasteiger partial charge in [-0.05, 0) is 19.3 Å². The average molecular weight is 300 g/mol. The van der Waals surface area contributed by atoms with E-state index in [2.05, 4.69) is 5.32 Å². The SMILES string of the molecule is CCOC(=O)CCCNC(=O)CN1C[C@@H](C)[C@H](C(=O)O)C1. The van der Waals surface area contributed by atoms with E-state index in [1.807, 2.05) is 11.8 Å². The summed E-state index contributed by atoms with van der Waals surface area (Å²) in [5.41, 5.74) is 0. The summed E-state index contributed by atoms with van der Waals surface area (Å²) in [5, 5.41) is 11.8. The minimum Gasteiger partial charge on any atom is -0.481 e. The summed E-state index contributed by atoms with van der Waals surface area (Å²) in [6.45, 7) is 5.65. The third kappa shape index (κ3) is 6.12. The molecule has 2 atom stereocenters. The van der Waals surface area contributed by atoms with Gasteiger partial charge < -0.3 is 15.2 Å². The number of carbonyl (C=O) groups excluding carboxylic acids is 2. The number of amides is 1. The van der Waals surface area contributed by atoms with Crippen molar-refractivity contribution in [2.45, 2.75) is 26.7 Å². The molecule has 1 saturated heterocycles. The zero-order valence-corrected chi connectivity index (χ0v) is 12.6. The van der Waals surface area contributed by atoms with Crippen molar-refractivity contribution < 1.29 is 24.2 Å². The number of ether oxygens (including phenoxy) is 1. The van der Waals surface area contributed by atoms with Gasteiger partial charge in [-0.15, -0.1) is 0 Å². The maximum atomic E-state index is 11.7. The van der Waals surface area contributed by atoms with Crippen molar-refractivity contribution in [1.82, 2.24) is 10.2 Å². The van der Waals surface area contributed by atoms with Crippen LogP contribution in [-0.2, 0) is 19.1 Å². The number of nitrogens with zero attached hydrogens (tertiary/aromatic N) is 1. The van der Waals surface area contributed by atoms with Crippen LogP contribution in [-0.4, -0.2) is 60.6 Å². The van der Waals surface area contributed by atoms with E-state index >= 15 is 0 Å². The Balaban J connectivity index is 2.17. The molecule has 0 saturated carbocycles. The van der Waals surface area contributed by atoms with Crippen LogP contribution < -0.4 is 5.32 Å². The van der Waals surface area contributed by atoms with Crippen molar-refractivity contribution in [3.8, 4) is 0 Å². The summed E-state index contributed by atoms with van der Waals surface area (Å²) >= 11 is 0. The number of nitrogens with one attached hydrogen (secondary N) is 1. The van der Waals surface area contributed by atoms with E-state index in [9.17, 15) is 14.4 Å². The van der Waals surface area contributed by atoms with Crippen molar-refractivity contribution in [3.05, 3.63) is 0 Å². The van der Waals surface area contributed by atoms with Gasteiger partial charge in [0.05, 0.1) is 19.1 Å². The van der Waals surface area contributed by atoms with Gasteiger partial charge in [-0.3, -0.25) is 19.3 Å². The van der Waals surface area contributed by atoms with E-state index in [4.69, 9.17) is 9.84 Å². The molecule has 0 aromatic heterocycles. The fourth-order valence-corrected chi connectivity index (χ4v) is 2.47. The average Bonchev–Trinajstić information content (AvgIpc) is 2.76. The Kier molecular flexibility index (Phi) is 7.14. The van der Waals surface area contributed by atoms with Gasteiger partial charge in [0, 0.05) is 26.1 Å². The van der Waals surface area contributed by atoms with Crippen LogP contribution in [0.1, 0.15) is 26.7 Å². The molecule has 0 spiro atoms. The van der Waals surface area contributed by atoms with Crippen LogP contribution in [0.4, 0.5) is 0 Å². The first-order chi connectivity index (χ1) is 9.93. The molecule has 1 aliphatic heterocycles. The minimum absolute atomic E-state index is 0.0547. The lowest BCUT2D eigenvalue weighted by Crippen LogP contribution is -2.37. The Bertz CT molecular complexity index is 386. The van der Waals surface area contributed by atoms with Crippen LogP contribution in [0.2, 0.25) is 0 Å². The predicted octanol–water partition coefficient (Wildman–Crippen LogP) is 0.0984. The van der Waals surface area contributed by atoms with Crippen LogP contribution in [0.15, 0.2) is 0 Å². The zero-order valence-electron chi connectivity index (χ0n) is 12.6. The number of rotatable bonds is 8. The summed E-state index contributed by atoms with van der Waals surface area (Å²) in [4.78, 5) is 35.7. The number of carboxylic acids is 1. The zero-order chi connectivity index (χ0) is 15.8. The van der Waals surface area contributed by atoms with Crippen molar-refractivity contribution in [2.75, 3.05) is 32.8 Å². The second-order valence-electron chi connectivity index (χ2n) is 5.37. The summed E-state index contributed by atoms with van der Waals surface area (Å²) in [5.74, 6) is -1.55. The molecule has 1 aliphatic rings. The van der Waals surface area contributed by atoms with E-state index in [0.717, 1.165) is 0 Å². The van der Waals surface area contributed by atoms with Gasteiger partial charge in [0.1, 0.15) is 0 Å². The van der Waals surface area contributed by atoms with Gasteiger partial charge in [0.25, 0.3) is 0 Å². The molecule has 2 N–H and O–H groups in total. The van der Waals surface area contributed by atoms with E-state index in [1.165, 1.54) is 0 Å². The molecule has 1 fully saturated rings. The number of hydrogen-bond donors (Lipinski definition) is 2. The Labute approximate surface area is 124 Å². The molecule has 1 rings (SSSR count). The van der Waals surface area contributed by atoms with Crippen LogP contribution in [0.25, 0.3) is 0 Å². The van der Waals surface area contributed by atoms with Crippen molar-refractivity contribution in [3.63, 3.8) is 0 Å². The molecule has 120 valence electrons. The van der Waals surface area contributed by atoms with Gasteiger partial charge in [-0.2, -0.15) is 0 Å². The molecule has 0 aromatic carbocycles. The lowest BCUT2D eigenvalue weighted by atomic mass is 9.99. The first-order valence-electron chi connectivity index (χ1n) is 7.31. The smallest absolute Gasteiger partial charge is 0.308 e. The number of aliphatic carboxylic acids is 1. The molecular weight excluding hydrogens is 276 g/mol. The molecule has 7 heteroatoms. The second-order valence-corrected chi connectivity index (χ2v) is 5.37. The topological polar surface area (TPSA) is 95.9 Å². The van der Waals surface area contributed by atoms with Gasteiger partial charge in [0.2, 0.25) is 5.91 Å². The van der Waals surface area contributed by atoms with Crippen molar-refractivity contribution in [1.29, 1.82) is 0 Å². The molecular formula is C14H24N2O5. The standard InChI is InChI=1S/C14H24N2O5/c1-3-21-13(18)5-4-6-15-12(17)9-16-7-10(2)11(8-16)14(19)20/h10-11H,3-9H2,1-2H3,(H,15,17)(H,19,20)/t10-,11-/m1/s1. The molecule has 0 radical (unpaired) electrons. The fourth-order valence-electron chi connectivity index (χ4n) is 2.47. The number of carbonyl (C=O) groups is 3. The second kappa shape index (κ2) is 8.61. The lowest BCUT2D eigenvalue weighted by Gasteiger charge is -2.14. The predicted molar refractivity (Wildman–Crippen MR) is 75.6 cm³/mol. The van der Waals surface area contributed by atoms with Crippen molar-refractivity contribution in [2.24, 2.45) is 11.8 Å². The number of hydrogen-bond acceptors (Lipinski definition) is 5. The van der Waals surface area contributed by atoms with E-state index in [0.29, 0.717) is 32.7 Å². The maximum absolute atomic E-state index is 11.7. The van der Waals surface area contributed by atoms with E-state index in [1.54, 1.807) is 6.92 Å². The monoisotopic (exact) mass is 300 g/mol. The number of carboxylic acid groups (broad SMARTS) is 1. The Morgan fingerprint density at radius 2 is 2.05 bits per heavy atom. The molecule has 0 bridgehead atoms. The molecule has 7 nitrogen and oxygen atoms in total. The fraction of sp³-hybridized carbons (Fsp3) is 0.786. The first kappa shape index (κ1) is 17.4. The van der Waals surface area contributed by atoms with Crippen LogP contribution in [0.5, 0.6) is 0 Å². The lowest BCUT2D eigenvalue weighted by molar-refractivity contribution is -0.143. The number of esters is 1. The normalized spacial score (nSPS) is 22.0. The Morgan fingerprint density at radius 1 is 1.33 bits per heavy atom. The molecule has 1 amide bonds. The summed E-state index contributed by atoms with van der Waals surface area (Å²) in [7, 11) is 0. The molecule has 0 aromatic rings. The third-order valence-corrected chi connectivity index (χ3v) is 3.56. The van der Waals surface area contributed by atoms with Gasteiger partial charge >= 0.3 is 11.9 Å². The molecule has 1 heterocycles. The highest BCUT2D eigenvalue weighted by Crippen LogP contribution is 2.22. The van der Waals surface area contributed by atoms with Gasteiger partial charge in [-0.25, -0.2) is 0 Å². The third-order valence-electron chi connectivity index (χ3n) is 3.56. The summed E-state index contributed by atoms with van der Waals surface area (Å²) < 4.78 is 4.79. The molecule has 0 aliphatic carbocycles. The Hall–Kier alpha value is -1.63. The maximum Gasteiger partial charge on any atom is 0.308 e. The molecule has 21 heavy (non-hydrogen) atoms. The highest BCUT2D eigenvalue weighted by molar-refractivity contribution is 5.78. The quantitative estimate of drug-likeness (QED) is 0.487. The largest absolute Gasteiger partial charge is 0.481 e. The Morgan fingerprint density at radius 3 is 2.62 bits per heavy atom. The van der Waals surface area contributed by atoms with Crippen LogP contribution in [0, 0.1) is 11.8 Å². The van der Waals surface area contributed by atoms with E-state index in [-0.39, 0.29) is 30.8 Å². The highest BCUT2D eigenvalue weighted by Gasteiger charge is 2.35. The van der Waals surface area contributed by atoms with Gasteiger partial charge in [0.15, 0.2) is 0 Å². The summed E-state index contributed by atoms with van der Waals surface area (Å²) in [6, 6.07) is 0. The summed E-state index contributed by atoms with van der Waals surface area (Å²) in [6.07, 6.45) is 0.828. The molecule has 0 unspecified atom stereocenters.